The van der Waals surface area contributed by atoms with Crippen molar-refractivity contribution in [2.45, 2.75) is 38.1 Å². The zero-order valence-corrected chi connectivity index (χ0v) is 10.5. The number of anilines is 2. The van der Waals surface area contributed by atoms with Crippen LogP contribution in [0.4, 0.5) is 11.9 Å². The van der Waals surface area contributed by atoms with Crippen molar-refractivity contribution in [1.82, 2.24) is 29.7 Å². The molecule has 0 aliphatic heterocycles. The first-order valence-electron chi connectivity index (χ1n) is 6.44. The monoisotopic (exact) mass is 260 g/mol. The third kappa shape index (κ3) is 2.78. The molecule has 0 unspecified atom stereocenters. The summed E-state index contributed by atoms with van der Waals surface area (Å²) in [6.07, 6.45) is 9.03. The van der Waals surface area contributed by atoms with E-state index in [1.807, 2.05) is 0 Å². The van der Waals surface area contributed by atoms with Gasteiger partial charge in [0.1, 0.15) is 12.7 Å². The van der Waals surface area contributed by atoms with Gasteiger partial charge < -0.3 is 11.1 Å². The first-order valence-corrected chi connectivity index (χ1v) is 6.44. The number of aromatic nitrogens is 6. The Morgan fingerprint density at radius 1 is 1.16 bits per heavy atom. The predicted octanol–water partition coefficient (Wildman–Crippen LogP) is 0.779. The number of hydrogen-bond donors (Lipinski definition) is 2. The second-order valence-corrected chi connectivity index (χ2v) is 4.64. The van der Waals surface area contributed by atoms with Gasteiger partial charge in [-0.05, 0) is 12.8 Å². The summed E-state index contributed by atoms with van der Waals surface area (Å²) in [5, 5.41) is 7.31. The fourth-order valence-electron chi connectivity index (χ4n) is 2.29. The Hall–Kier alpha value is -2.25. The normalized spacial score (nSPS) is 16.4. The van der Waals surface area contributed by atoms with Crippen LogP contribution in [0.25, 0.3) is 5.95 Å². The lowest BCUT2D eigenvalue weighted by Gasteiger charge is -2.22. The van der Waals surface area contributed by atoms with Crippen molar-refractivity contribution in [2.75, 3.05) is 11.1 Å². The third-order valence-electron chi connectivity index (χ3n) is 3.20. The van der Waals surface area contributed by atoms with Gasteiger partial charge in [0, 0.05) is 6.04 Å². The first-order chi connectivity index (χ1) is 9.31. The maximum Gasteiger partial charge on any atom is 0.258 e. The zero-order valence-electron chi connectivity index (χ0n) is 10.5. The Bertz CT molecular complexity index is 532. The molecule has 1 saturated carbocycles. The third-order valence-corrected chi connectivity index (χ3v) is 3.20. The number of nitrogens with two attached hydrogens (primary N) is 1. The summed E-state index contributed by atoms with van der Waals surface area (Å²) < 4.78 is 1.46. The van der Waals surface area contributed by atoms with Crippen LogP contribution in [-0.4, -0.2) is 35.8 Å². The Morgan fingerprint density at radius 2 is 2.00 bits per heavy atom. The quantitative estimate of drug-likeness (QED) is 0.839. The van der Waals surface area contributed by atoms with Crippen LogP contribution in [0.15, 0.2) is 12.7 Å². The number of nitrogen functional groups attached to an aromatic ring is 1. The summed E-state index contributed by atoms with van der Waals surface area (Å²) in [5.41, 5.74) is 5.71. The average Bonchev–Trinajstić information content (AvgIpc) is 2.93. The molecule has 0 atom stereocenters. The topological polar surface area (TPSA) is 107 Å². The molecule has 1 aliphatic carbocycles. The van der Waals surface area contributed by atoms with E-state index in [-0.39, 0.29) is 5.95 Å². The van der Waals surface area contributed by atoms with E-state index in [1.165, 1.54) is 36.6 Å². The van der Waals surface area contributed by atoms with E-state index in [2.05, 4.69) is 30.4 Å². The Morgan fingerprint density at radius 3 is 2.74 bits per heavy atom. The summed E-state index contributed by atoms with van der Waals surface area (Å²) in [6, 6.07) is 0.416. The van der Waals surface area contributed by atoms with E-state index in [9.17, 15) is 0 Å². The molecule has 3 N–H and O–H groups in total. The first kappa shape index (κ1) is 11.8. The van der Waals surface area contributed by atoms with Gasteiger partial charge in [-0.1, -0.05) is 19.3 Å². The van der Waals surface area contributed by atoms with Crippen molar-refractivity contribution >= 4 is 11.9 Å². The van der Waals surface area contributed by atoms with Gasteiger partial charge in [0.2, 0.25) is 11.9 Å². The second-order valence-electron chi connectivity index (χ2n) is 4.64. The molecule has 0 radical (unpaired) electrons. The van der Waals surface area contributed by atoms with Gasteiger partial charge in [-0.25, -0.2) is 4.98 Å². The van der Waals surface area contributed by atoms with E-state index >= 15 is 0 Å². The van der Waals surface area contributed by atoms with E-state index < -0.39 is 0 Å². The second kappa shape index (κ2) is 5.17. The Balaban J connectivity index is 1.81. The van der Waals surface area contributed by atoms with Crippen molar-refractivity contribution in [3.63, 3.8) is 0 Å². The van der Waals surface area contributed by atoms with Gasteiger partial charge in [0.25, 0.3) is 5.95 Å². The molecule has 8 nitrogen and oxygen atoms in total. The molecular formula is C11H16N8. The fourth-order valence-corrected chi connectivity index (χ4v) is 2.29. The molecular weight excluding hydrogens is 244 g/mol. The van der Waals surface area contributed by atoms with Gasteiger partial charge in [-0.3, -0.25) is 0 Å². The van der Waals surface area contributed by atoms with Crippen molar-refractivity contribution in [3.05, 3.63) is 12.7 Å². The van der Waals surface area contributed by atoms with Crippen molar-refractivity contribution in [2.24, 2.45) is 0 Å². The summed E-state index contributed by atoms with van der Waals surface area (Å²) in [4.78, 5) is 16.3. The maximum absolute atomic E-state index is 5.71. The molecule has 0 saturated heterocycles. The Labute approximate surface area is 110 Å². The van der Waals surface area contributed by atoms with E-state index in [4.69, 9.17) is 5.73 Å². The lowest BCUT2D eigenvalue weighted by Crippen LogP contribution is -2.24. The van der Waals surface area contributed by atoms with Crippen LogP contribution < -0.4 is 11.1 Å². The standard InChI is InChI=1S/C11H16N8/c12-9-16-10(15-8-4-2-1-3-5-8)18-11(17-9)19-7-13-6-14-19/h6-8H,1-5H2,(H3,12,15,16,17,18). The molecule has 3 rings (SSSR count). The number of nitrogens with one attached hydrogen (secondary N) is 1. The van der Waals surface area contributed by atoms with Crippen molar-refractivity contribution < 1.29 is 0 Å². The molecule has 0 spiro atoms. The van der Waals surface area contributed by atoms with Crippen LogP contribution in [-0.2, 0) is 0 Å². The van der Waals surface area contributed by atoms with Crippen LogP contribution in [0.5, 0.6) is 0 Å². The van der Waals surface area contributed by atoms with Gasteiger partial charge in [-0.15, -0.1) is 0 Å². The molecule has 0 bridgehead atoms. The zero-order chi connectivity index (χ0) is 13.1. The van der Waals surface area contributed by atoms with E-state index in [0.29, 0.717) is 17.9 Å². The van der Waals surface area contributed by atoms with Crippen LogP contribution in [0, 0.1) is 0 Å². The van der Waals surface area contributed by atoms with Gasteiger partial charge >= 0.3 is 0 Å². The minimum absolute atomic E-state index is 0.179. The van der Waals surface area contributed by atoms with Crippen LogP contribution in [0.3, 0.4) is 0 Å². The Kier molecular flexibility index (Phi) is 3.21. The maximum atomic E-state index is 5.71. The van der Waals surface area contributed by atoms with Gasteiger partial charge in [-0.2, -0.15) is 24.7 Å². The van der Waals surface area contributed by atoms with Gasteiger partial charge in [0.05, 0.1) is 0 Å². The van der Waals surface area contributed by atoms with Crippen molar-refractivity contribution in [1.29, 1.82) is 0 Å². The smallest absolute Gasteiger partial charge is 0.258 e. The summed E-state index contributed by atoms with van der Waals surface area (Å²) in [5.74, 6) is 1.06. The summed E-state index contributed by atoms with van der Waals surface area (Å²) in [6.45, 7) is 0. The lowest BCUT2D eigenvalue weighted by molar-refractivity contribution is 0.460. The predicted molar refractivity (Wildman–Crippen MR) is 69.7 cm³/mol. The molecule has 1 fully saturated rings. The molecule has 2 aromatic rings. The molecule has 0 aromatic carbocycles. The summed E-state index contributed by atoms with van der Waals surface area (Å²) in [7, 11) is 0. The average molecular weight is 260 g/mol. The van der Waals surface area contributed by atoms with Crippen LogP contribution in [0.2, 0.25) is 0 Å². The molecule has 100 valence electrons. The highest BCUT2D eigenvalue weighted by molar-refractivity contribution is 5.35. The highest BCUT2D eigenvalue weighted by Gasteiger charge is 2.15. The van der Waals surface area contributed by atoms with E-state index in [1.54, 1.807) is 0 Å². The van der Waals surface area contributed by atoms with E-state index in [0.717, 1.165) is 12.8 Å². The molecule has 2 aromatic heterocycles. The van der Waals surface area contributed by atoms with Crippen LogP contribution in [0.1, 0.15) is 32.1 Å². The number of hydrogen-bond acceptors (Lipinski definition) is 7. The highest BCUT2D eigenvalue weighted by atomic mass is 15.4. The largest absolute Gasteiger partial charge is 0.368 e. The molecule has 0 amide bonds. The molecule has 8 heteroatoms. The minimum atomic E-state index is 0.179. The number of rotatable bonds is 3. The van der Waals surface area contributed by atoms with Crippen molar-refractivity contribution in [3.8, 4) is 5.95 Å². The van der Waals surface area contributed by atoms with Gasteiger partial charge in [0.15, 0.2) is 0 Å². The minimum Gasteiger partial charge on any atom is -0.368 e. The lowest BCUT2D eigenvalue weighted by atomic mass is 9.96. The summed E-state index contributed by atoms with van der Waals surface area (Å²) >= 11 is 0. The van der Waals surface area contributed by atoms with Crippen LogP contribution >= 0.6 is 0 Å². The highest BCUT2D eigenvalue weighted by Crippen LogP contribution is 2.20. The SMILES string of the molecule is Nc1nc(NC2CCCCC2)nc(-n2cncn2)n1. The fraction of sp³-hybridized carbons (Fsp3) is 0.545. The molecule has 19 heavy (non-hydrogen) atoms. The molecule has 1 aliphatic rings. The molecule has 2 heterocycles. The number of nitrogens with zero attached hydrogens (tertiary/aromatic N) is 6.